The second-order valence-corrected chi connectivity index (χ2v) is 6.01. The SMILES string of the molecule is Cc1ccc(C#N)c(N2CCC(NC(=O)c3ccnn3C)CC2)n1. The third kappa shape index (κ3) is 3.23. The molecule has 2 aromatic heterocycles. The quantitative estimate of drug-likeness (QED) is 0.922. The summed E-state index contributed by atoms with van der Waals surface area (Å²) in [5, 5.41) is 16.3. The molecule has 0 radical (unpaired) electrons. The molecule has 3 rings (SSSR count). The molecule has 2 aromatic rings. The molecule has 124 valence electrons. The number of rotatable bonds is 3. The summed E-state index contributed by atoms with van der Waals surface area (Å²) in [4.78, 5) is 18.9. The summed E-state index contributed by atoms with van der Waals surface area (Å²) in [6.45, 7) is 3.45. The van der Waals surface area contributed by atoms with Gasteiger partial charge in [0.15, 0.2) is 0 Å². The molecular formula is C17H20N6O. The number of carbonyl (C=O) groups is 1. The Morgan fingerprint density at radius 2 is 2.08 bits per heavy atom. The first kappa shape index (κ1) is 16.0. The van der Waals surface area contributed by atoms with Crippen molar-refractivity contribution in [2.75, 3.05) is 18.0 Å². The van der Waals surface area contributed by atoms with Crippen molar-refractivity contribution in [3.05, 3.63) is 41.3 Å². The fraction of sp³-hybridized carbons (Fsp3) is 0.412. The minimum atomic E-state index is -0.0974. The van der Waals surface area contributed by atoms with Gasteiger partial charge in [-0.3, -0.25) is 9.48 Å². The predicted molar refractivity (Wildman–Crippen MR) is 89.6 cm³/mol. The van der Waals surface area contributed by atoms with Gasteiger partial charge in [-0.1, -0.05) is 0 Å². The molecule has 0 atom stereocenters. The summed E-state index contributed by atoms with van der Waals surface area (Å²) >= 11 is 0. The Morgan fingerprint density at radius 1 is 1.33 bits per heavy atom. The third-order valence-corrected chi connectivity index (χ3v) is 4.32. The first-order valence-corrected chi connectivity index (χ1v) is 8.00. The number of aryl methyl sites for hydroxylation is 2. The van der Waals surface area contributed by atoms with Crippen LogP contribution in [0.15, 0.2) is 24.4 Å². The summed E-state index contributed by atoms with van der Waals surface area (Å²) in [6, 6.07) is 7.70. The highest BCUT2D eigenvalue weighted by atomic mass is 16.2. The van der Waals surface area contributed by atoms with Crippen molar-refractivity contribution in [2.45, 2.75) is 25.8 Å². The molecule has 0 saturated carbocycles. The summed E-state index contributed by atoms with van der Waals surface area (Å²) in [6.07, 6.45) is 3.26. The number of hydrogen-bond donors (Lipinski definition) is 1. The zero-order chi connectivity index (χ0) is 17.1. The van der Waals surface area contributed by atoms with E-state index < -0.39 is 0 Å². The van der Waals surface area contributed by atoms with E-state index in [1.54, 1.807) is 24.0 Å². The first-order chi connectivity index (χ1) is 11.6. The van der Waals surface area contributed by atoms with E-state index in [2.05, 4.69) is 26.4 Å². The number of nitriles is 1. The molecule has 0 spiro atoms. The molecule has 24 heavy (non-hydrogen) atoms. The van der Waals surface area contributed by atoms with Crippen LogP contribution < -0.4 is 10.2 Å². The highest BCUT2D eigenvalue weighted by molar-refractivity contribution is 5.92. The number of amides is 1. The molecule has 0 aromatic carbocycles. The van der Waals surface area contributed by atoms with Gasteiger partial charge < -0.3 is 10.2 Å². The van der Waals surface area contributed by atoms with Crippen LogP contribution in [-0.2, 0) is 7.05 Å². The van der Waals surface area contributed by atoms with E-state index in [-0.39, 0.29) is 11.9 Å². The number of nitrogens with one attached hydrogen (secondary N) is 1. The van der Waals surface area contributed by atoms with Gasteiger partial charge in [-0.2, -0.15) is 10.4 Å². The largest absolute Gasteiger partial charge is 0.355 e. The standard InChI is InChI=1S/C17H20N6O/c1-12-3-4-13(11-18)16(20-12)23-9-6-14(7-10-23)21-17(24)15-5-8-19-22(15)2/h3-5,8,14H,6-7,9-10H2,1-2H3,(H,21,24). The van der Waals surface area contributed by atoms with Crippen molar-refractivity contribution >= 4 is 11.7 Å². The third-order valence-electron chi connectivity index (χ3n) is 4.32. The summed E-state index contributed by atoms with van der Waals surface area (Å²) in [5.74, 6) is 0.647. The van der Waals surface area contributed by atoms with Crippen molar-refractivity contribution in [1.82, 2.24) is 20.1 Å². The molecule has 7 heteroatoms. The topological polar surface area (TPSA) is 86.8 Å². The monoisotopic (exact) mass is 324 g/mol. The molecule has 1 amide bonds. The normalized spacial score (nSPS) is 15.1. The van der Waals surface area contributed by atoms with E-state index >= 15 is 0 Å². The predicted octanol–water partition coefficient (Wildman–Crippen LogP) is 1.39. The lowest BCUT2D eigenvalue weighted by Crippen LogP contribution is -2.45. The van der Waals surface area contributed by atoms with Gasteiger partial charge in [-0.05, 0) is 38.0 Å². The van der Waals surface area contributed by atoms with Gasteiger partial charge >= 0.3 is 0 Å². The maximum atomic E-state index is 12.3. The van der Waals surface area contributed by atoms with Gasteiger partial charge in [0, 0.05) is 38.1 Å². The second kappa shape index (κ2) is 6.71. The van der Waals surface area contributed by atoms with Crippen molar-refractivity contribution < 1.29 is 4.79 Å². The molecule has 1 N–H and O–H groups in total. The maximum absolute atomic E-state index is 12.3. The van der Waals surface area contributed by atoms with Gasteiger partial charge in [0.1, 0.15) is 17.6 Å². The number of carbonyl (C=O) groups excluding carboxylic acids is 1. The molecule has 1 saturated heterocycles. The highest BCUT2D eigenvalue weighted by Gasteiger charge is 2.24. The van der Waals surface area contributed by atoms with Gasteiger partial charge in [-0.25, -0.2) is 4.98 Å². The van der Waals surface area contributed by atoms with Crippen molar-refractivity contribution in [3.63, 3.8) is 0 Å². The van der Waals surface area contributed by atoms with Crippen LogP contribution in [-0.4, -0.2) is 39.8 Å². The van der Waals surface area contributed by atoms with Gasteiger partial charge in [0.05, 0.1) is 5.56 Å². The minimum Gasteiger partial charge on any atom is -0.355 e. The van der Waals surface area contributed by atoms with E-state index in [9.17, 15) is 10.1 Å². The lowest BCUT2D eigenvalue weighted by atomic mass is 10.0. The second-order valence-electron chi connectivity index (χ2n) is 6.01. The molecule has 1 fully saturated rings. The number of piperidine rings is 1. The fourth-order valence-corrected chi connectivity index (χ4v) is 2.96. The summed E-state index contributed by atoms with van der Waals surface area (Å²) < 4.78 is 1.57. The molecule has 0 unspecified atom stereocenters. The van der Waals surface area contributed by atoms with Crippen LogP contribution in [0.5, 0.6) is 0 Å². The summed E-state index contributed by atoms with van der Waals surface area (Å²) in [7, 11) is 1.75. The number of pyridine rings is 1. The van der Waals surface area contributed by atoms with Crippen LogP contribution in [0.1, 0.15) is 34.6 Å². The van der Waals surface area contributed by atoms with E-state index in [0.717, 1.165) is 37.4 Å². The number of anilines is 1. The van der Waals surface area contributed by atoms with E-state index in [1.165, 1.54) is 0 Å². The number of aromatic nitrogens is 3. The average Bonchev–Trinajstić information content (AvgIpc) is 3.02. The zero-order valence-corrected chi connectivity index (χ0v) is 13.9. The maximum Gasteiger partial charge on any atom is 0.269 e. The van der Waals surface area contributed by atoms with Crippen LogP contribution in [0.4, 0.5) is 5.82 Å². The smallest absolute Gasteiger partial charge is 0.269 e. The van der Waals surface area contributed by atoms with Gasteiger partial charge in [0.25, 0.3) is 5.91 Å². The lowest BCUT2D eigenvalue weighted by Gasteiger charge is -2.33. The Hall–Kier alpha value is -2.88. The lowest BCUT2D eigenvalue weighted by molar-refractivity contribution is 0.0921. The number of hydrogen-bond acceptors (Lipinski definition) is 5. The highest BCUT2D eigenvalue weighted by Crippen LogP contribution is 2.22. The van der Waals surface area contributed by atoms with Crippen molar-refractivity contribution in [2.24, 2.45) is 7.05 Å². The van der Waals surface area contributed by atoms with E-state index in [4.69, 9.17) is 0 Å². The van der Waals surface area contributed by atoms with Crippen LogP contribution in [0, 0.1) is 18.3 Å². The first-order valence-electron chi connectivity index (χ1n) is 8.00. The molecule has 1 aliphatic heterocycles. The molecule has 0 bridgehead atoms. The average molecular weight is 324 g/mol. The molecule has 0 aliphatic carbocycles. The van der Waals surface area contributed by atoms with Gasteiger partial charge in [-0.15, -0.1) is 0 Å². The summed E-state index contributed by atoms with van der Waals surface area (Å²) in [5.41, 5.74) is 2.05. The zero-order valence-electron chi connectivity index (χ0n) is 13.9. The minimum absolute atomic E-state index is 0.0974. The van der Waals surface area contributed by atoms with E-state index in [0.29, 0.717) is 11.3 Å². The van der Waals surface area contributed by atoms with Gasteiger partial charge in [0.2, 0.25) is 0 Å². The molecule has 7 nitrogen and oxygen atoms in total. The van der Waals surface area contributed by atoms with Crippen LogP contribution in [0.3, 0.4) is 0 Å². The Balaban J connectivity index is 1.62. The Labute approximate surface area is 140 Å². The van der Waals surface area contributed by atoms with Crippen molar-refractivity contribution in [3.8, 4) is 6.07 Å². The molecular weight excluding hydrogens is 304 g/mol. The fourth-order valence-electron chi connectivity index (χ4n) is 2.96. The van der Waals surface area contributed by atoms with Crippen LogP contribution in [0.25, 0.3) is 0 Å². The molecule has 3 heterocycles. The Bertz CT molecular complexity index is 783. The van der Waals surface area contributed by atoms with E-state index in [1.807, 2.05) is 19.1 Å². The Morgan fingerprint density at radius 3 is 2.71 bits per heavy atom. The Kier molecular flexibility index (Phi) is 4.47. The molecule has 1 aliphatic rings. The van der Waals surface area contributed by atoms with Crippen molar-refractivity contribution in [1.29, 1.82) is 5.26 Å². The van der Waals surface area contributed by atoms with Crippen LogP contribution >= 0.6 is 0 Å². The van der Waals surface area contributed by atoms with Crippen LogP contribution in [0.2, 0.25) is 0 Å². The number of nitrogens with zero attached hydrogens (tertiary/aromatic N) is 5.